The Labute approximate surface area is 107 Å². The number of morpholine rings is 1. The number of aromatic nitrogens is 1. The third-order valence-electron chi connectivity index (χ3n) is 2.99. The molecule has 5 heteroatoms. The van der Waals surface area contributed by atoms with Crippen molar-refractivity contribution in [3.05, 3.63) is 30.1 Å². The Morgan fingerprint density at radius 3 is 2.94 bits per heavy atom. The van der Waals surface area contributed by atoms with E-state index in [0.29, 0.717) is 0 Å². The van der Waals surface area contributed by atoms with Crippen LogP contribution >= 0.6 is 0 Å². The van der Waals surface area contributed by atoms with Gasteiger partial charge in [0.05, 0.1) is 25.0 Å². The number of ether oxygens (including phenoxy) is 1. The number of nitriles is 1. The molecule has 0 aromatic carbocycles. The molecule has 5 nitrogen and oxygen atoms in total. The van der Waals surface area contributed by atoms with Crippen LogP contribution in [0, 0.1) is 11.3 Å². The molecule has 1 aromatic heterocycles. The third kappa shape index (κ3) is 3.77. The van der Waals surface area contributed by atoms with Gasteiger partial charge in [0, 0.05) is 32.4 Å². The second kappa shape index (κ2) is 7.07. The zero-order valence-corrected chi connectivity index (χ0v) is 10.4. The van der Waals surface area contributed by atoms with Crippen molar-refractivity contribution in [1.29, 1.82) is 5.26 Å². The molecular weight excluding hydrogens is 228 g/mol. The van der Waals surface area contributed by atoms with Crippen molar-refractivity contribution < 1.29 is 4.74 Å². The Kier molecular flexibility index (Phi) is 5.09. The van der Waals surface area contributed by atoms with E-state index in [1.807, 2.05) is 18.2 Å². The SMILES string of the molecule is N#CC(NCCN1CCOCC1)c1ccccn1. The Balaban J connectivity index is 1.76. The Morgan fingerprint density at radius 1 is 1.44 bits per heavy atom. The van der Waals surface area contributed by atoms with Gasteiger partial charge in [-0.25, -0.2) is 0 Å². The van der Waals surface area contributed by atoms with Crippen molar-refractivity contribution in [2.75, 3.05) is 39.4 Å². The van der Waals surface area contributed by atoms with Gasteiger partial charge in [0.15, 0.2) is 0 Å². The van der Waals surface area contributed by atoms with Gasteiger partial charge in [0.25, 0.3) is 0 Å². The highest BCUT2D eigenvalue weighted by molar-refractivity contribution is 5.15. The first-order chi connectivity index (χ1) is 8.90. The summed E-state index contributed by atoms with van der Waals surface area (Å²) in [4.78, 5) is 6.53. The van der Waals surface area contributed by atoms with E-state index in [4.69, 9.17) is 10.00 Å². The summed E-state index contributed by atoms with van der Waals surface area (Å²) >= 11 is 0. The average Bonchev–Trinajstić information content (AvgIpc) is 2.46. The summed E-state index contributed by atoms with van der Waals surface area (Å²) in [5, 5.41) is 12.4. The fourth-order valence-corrected chi connectivity index (χ4v) is 1.95. The van der Waals surface area contributed by atoms with Gasteiger partial charge in [-0.15, -0.1) is 0 Å². The molecule has 1 atom stereocenters. The molecule has 1 aromatic rings. The van der Waals surface area contributed by atoms with Crippen LogP contribution < -0.4 is 5.32 Å². The molecule has 1 saturated heterocycles. The van der Waals surface area contributed by atoms with Gasteiger partial charge >= 0.3 is 0 Å². The number of nitrogens with one attached hydrogen (secondary N) is 1. The Morgan fingerprint density at radius 2 is 2.28 bits per heavy atom. The summed E-state index contributed by atoms with van der Waals surface area (Å²) in [5.74, 6) is 0. The van der Waals surface area contributed by atoms with Crippen LogP contribution in [0.3, 0.4) is 0 Å². The van der Waals surface area contributed by atoms with E-state index >= 15 is 0 Å². The van der Waals surface area contributed by atoms with Gasteiger partial charge in [-0.3, -0.25) is 15.2 Å². The quantitative estimate of drug-likeness (QED) is 0.823. The normalized spacial score (nSPS) is 18.2. The lowest BCUT2D eigenvalue weighted by atomic mass is 10.2. The predicted molar refractivity (Wildman–Crippen MR) is 67.9 cm³/mol. The second-order valence-electron chi connectivity index (χ2n) is 4.22. The minimum Gasteiger partial charge on any atom is -0.379 e. The van der Waals surface area contributed by atoms with Crippen LogP contribution in [0.4, 0.5) is 0 Å². The molecule has 18 heavy (non-hydrogen) atoms. The molecule has 0 bridgehead atoms. The van der Waals surface area contributed by atoms with Crippen LogP contribution in [0.25, 0.3) is 0 Å². The number of hydrogen-bond donors (Lipinski definition) is 1. The van der Waals surface area contributed by atoms with Gasteiger partial charge in [0.2, 0.25) is 0 Å². The molecule has 1 aliphatic heterocycles. The lowest BCUT2D eigenvalue weighted by Gasteiger charge is -2.26. The van der Waals surface area contributed by atoms with Crippen LogP contribution in [-0.4, -0.2) is 49.3 Å². The molecule has 0 radical (unpaired) electrons. The fourth-order valence-electron chi connectivity index (χ4n) is 1.95. The van der Waals surface area contributed by atoms with E-state index in [1.54, 1.807) is 6.20 Å². The van der Waals surface area contributed by atoms with Crippen molar-refractivity contribution in [2.45, 2.75) is 6.04 Å². The zero-order valence-electron chi connectivity index (χ0n) is 10.4. The molecule has 2 rings (SSSR count). The molecule has 1 unspecified atom stereocenters. The Hall–Kier alpha value is -1.48. The van der Waals surface area contributed by atoms with E-state index < -0.39 is 0 Å². The van der Waals surface area contributed by atoms with Gasteiger partial charge in [-0.2, -0.15) is 5.26 Å². The number of rotatable bonds is 5. The van der Waals surface area contributed by atoms with Gasteiger partial charge in [-0.05, 0) is 12.1 Å². The number of pyridine rings is 1. The maximum atomic E-state index is 9.13. The first-order valence-corrected chi connectivity index (χ1v) is 6.24. The van der Waals surface area contributed by atoms with Crippen molar-refractivity contribution >= 4 is 0 Å². The summed E-state index contributed by atoms with van der Waals surface area (Å²) in [6, 6.07) is 7.54. The predicted octanol–water partition coefficient (Wildman–Crippen LogP) is 0.568. The highest BCUT2D eigenvalue weighted by Gasteiger charge is 2.13. The zero-order chi connectivity index (χ0) is 12.6. The standard InChI is InChI=1S/C13H18N4O/c14-11-13(12-3-1-2-4-15-12)16-5-6-17-7-9-18-10-8-17/h1-4,13,16H,5-10H2. The molecule has 1 fully saturated rings. The number of nitrogens with zero attached hydrogens (tertiary/aromatic N) is 3. The minimum absolute atomic E-state index is 0.327. The Bertz CT molecular complexity index is 384. The van der Waals surface area contributed by atoms with E-state index in [1.165, 1.54) is 0 Å². The molecular formula is C13H18N4O. The molecule has 0 spiro atoms. The summed E-state index contributed by atoms with van der Waals surface area (Å²) in [5.41, 5.74) is 0.780. The van der Waals surface area contributed by atoms with Crippen LogP contribution in [0.2, 0.25) is 0 Å². The van der Waals surface area contributed by atoms with Crippen LogP contribution in [0.1, 0.15) is 11.7 Å². The highest BCUT2D eigenvalue weighted by Crippen LogP contribution is 2.07. The van der Waals surface area contributed by atoms with E-state index in [9.17, 15) is 0 Å². The summed E-state index contributed by atoms with van der Waals surface area (Å²) in [6.07, 6.45) is 1.71. The molecule has 0 aliphatic carbocycles. The molecule has 1 aliphatic rings. The molecule has 0 amide bonds. The topological polar surface area (TPSA) is 61.2 Å². The second-order valence-corrected chi connectivity index (χ2v) is 4.22. The van der Waals surface area contributed by atoms with E-state index in [0.717, 1.165) is 45.1 Å². The number of hydrogen-bond acceptors (Lipinski definition) is 5. The van der Waals surface area contributed by atoms with Crippen LogP contribution in [-0.2, 0) is 4.74 Å². The maximum Gasteiger partial charge on any atom is 0.138 e. The van der Waals surface area contributed by atoms with Crippen molar-refractivity contribution in [2.24, 2.45) is 0 Å². The van der Waals surface area contributed by atoms with Crippen molar-refractivity contribution in [1.82, 2.24) is 15.2 Å². The molecule has 1 N–H and O–H groups in total. The first kappa shape index (κ1) is 13.0. The molecule has 0 saturated carbocycles. The van der Waals surface area contributed by atoms with E-state index in [2.05, 4.69) is 21.3 Å². The van der Waals surface area contributed by atoms with Crippen molar-refractivity contribution in [3.63, 3.8) is 0 Å². The minimum atomic E-state index is -0.327. The van der Waals surface area contributed by atoms with Gasteiger partial charge in [0.1, 0.15) is 6.04 Å². The monoisotopic (exact) mass is 246 g/mol. The first-order valence-electron chi connectivity index (χ1n) is 6.24. The van der Waals surface area contributed by atoms with E-state index in [-0.39, 0.29) is 6.04 Å². The van der Waals surface area contributed by atoms with Crippen molar-refractivity contribution in [3.8, 4) is 6.07 Å². The van der Waals surface area contributed by atoms with Crippen LogP contribution in [0.15, 0.2) is 24.4 Å². The maximum absolute atomic E-state index is 9.13. The highest BCUT2D eigenvalue weighted by atomic mass is 16.5. The molecule has 2 heterocycles. The summed E-state index contributed by atoms with van der Waals surface area (Å²) in [7, 11) is 0. The third-order valence-corrected chi connectivity index (χ3v) is 2.99. The largest absolute Gasteiger partial charge is 0.379 e. The fraction of sp³-hybridized carbons (Fsp3) is 0.538. The lowest BCUT2D eigenvalue weighted by Crippen LogP contribution is -2.40. The molecule has 96 valence electrons. The van der Waals surface area contributed by atoms with Crippen LogP contribution in [0.5, 0.6) is 0 Å². The summed E-state index contributed by atoms with van der Waals surface area (Å²) in [6.45, 7) is 5.29. The smallest absolute Gasteiger partial charge is 0.138 e. The lowest BCUT2D eigenvalue weighted by molar-refractivity contribution is 0.0383. The van der Waals surface area contributed by atoms with Gasteiger partial charge < -0.3 is 4.74 Å². The average molecular weight is 246 g/mol. The summed E-state index contributed by atoms with van der Waals surface area (Å²) < 4.78 is 5.29. The van der Waals surface area contributed by atoms with Gasteiger partial charge in [-0.1, -0.05) is 6.07 Å².